The van der Waals surface area contributed by atoms with Gasteiger partial charge < -0.3 is 9.84 Å². The van der Waals surface area contributed by atoms with Crippen molar-refractivity contribution in [3.8, 4) is 11.4 Å². The Morgan fingerprint density at radius 3 is 3.00 bits per heavy atom. The lowest BCUT2D eigenvalue weighted by atomic mass is 9.93. The normalized spacial score (nSPS) is 22.9. The highest BCUT2D eigenvalue weighted by molar-refractivity contribution is 9.10. The Bertz CT molecular complexity index is 611. The predicted octanol–water partition coefficient (Wildman–Crippen LogP) is 3.87. The van der Waals surface area contributed by atoms with Crippen LogP contribution in [-0.2, 0) is 0 Å². The van der Waals surface area contributed by atoms with Crippen molar-refractivity contribution in [1.82, 2.24) is 15.5 Å². The maximum Gasteiger partial charge on any atom is 0.244 e. The number of nitrogens with one attached hydrogen (secondary N) is 1. The van der Waals surface area contributed by atoms with Gasteiger partial charge in [0.05, 0.1) is 6.04 Å². The first-order valence-electron chi connectivity index (χ1n) is 6.98. The van der Waals surface area contributed by atoms with E-state index >= 15 is 0 Å². The van der Waals surface area contributed by atoms with Crippen LogP contribution in [0.3, 0.4) is 0 Å². The standard InChI is InChI=1S/C15H18BrN3O/c1-9-5-6-11(12(16)8-9)14-18-15(20-19-14)13-10(2)4-3-7-17-13/h5-6,8,10,13,17H,3-4,7H2,1-2H3. The molecule has 0 saturated carbocycles. The van der Waals surface area contributed by atoms with Crippen molar-refractivity contribution in [3.05, 3.63) is 34.1 Å². The molecule has 1 fully saturated rings. The van der Waals surface area contributed by atoms with Crippen LogP contribution in [0.5, 0.6) is 0 Å². The van der Waals surface area contributed by atoms with Crippen molar-refractivity contribution in [3.63, 3.8) is 0 Å². The fraction of sp³-hybridized carbons (Fsp3) is 0.467. The van der Waals surface area contributed by atoms with Gasteiger partial charge in [0.1, 0.15) is 0 Å². The highest BCUT2D eigenvalue weighted by atomic mass is 79.9. The highest BCUT2D eigenvalue weighted by Gasteiger charge is 2.27. The third-order valence-corrected chi connectivity index (χ3v) is 4.50. The van der Waals surface area contributed by atoms with Crippen molar-refractivity contribution in [1.29, 1.82) is 0 Å². The van der Waals surface area contributed by atoms with E-state index in [0.717, 1.165) is 16.6 Å². The fourth-order valence-corrected chi connectivity index (χ4v) is 3.32. The molecule has 2 unspecified atom stereocenters. The van der Waals surface area contributed by atoms with Crippen LogP contribution in [0.1, 0.15) is 37.3 Å². The van der Waals surface area contributed by atoms with Gasteiger partial charge in [-0.1, -0.05) is 34.1 Å². The number of benzene rings is 1. The van der Waals surface area contributed by atoms with E-state index < -0.39 is 0 Å². The Labute approximate surface area is 127 Å². The first-order valence-corrected chi connectivity index (χ1v) is 7.78. The van der Waals surface area contributed by atoms with Crippen molar-refractivity contribution >= 4 is 15.9 Å². The van der Waals surface area contributed by atoms with Gasteiger partial charge in [-0.2, -0.15) is 4.98 Å². The number of nitrogens with zero attached hydrogens (tertiary/aromatic N) is 2. The molecule has 2 aromatic rings. The molecule has 2 heterocycles. The maximum absolute atomic E-state index is 5.47. The Morgan fingerprint density at radius 2 is 2.25 bits per heavy atom. The number of aromatic nitrogens is 2. The third kappa shape index (κ3) is 2.65. The molecule has 0 spiro atoms. The van der Waals surface area contributed by atoms with Gasteiger partial charge in [0.15, 0.2) is 0 Å². The molecule has 1 aromatic heterocycles. The lowest BCUT2D eigenvalue weighted by molar-refractivity contribution is 0.239. The third-order valence-electron chi connectivity index (χ3n) is 3.84. The summed E-state index contributed by atoms with van der Waals surface area (Å²) in [5.74, 6) is 1.87. The SMILES string of the molecule is Cc1ccc(-c2noc(C3NCCCC3C)n2)c(Br)c1. The molecule has 20 heavy (non-hydrogen) atoms. The Balaban J connectivity index is 1.89. The predicted molar refractivity (Wildman–Crippen MR) is 81.3 cm³/mol. The summed E-state index contributed by atoms with van der Waals surface area (Å²) in [5.41, 5.74) is 2.17. The van der Waals surface area contributed by atoms with Gasteiger partial charge in [-0.3, -0.25) is 0 Å². The molecule has 4 nitrogen and oxygen atoms in total. The molecule has 0 amide bonds. The molecule has 1 saturated heterocycles. The van der Waals surface area contributed by atoms with E-state index in [1.54, 1.807) is 0 Å². The summed E-state index contributed by atoms with van der Waals surface area (Å²) < 4.78 is 6.46. The molecule has 3 rings (SSSR count). The minimum absolute atomic E-state index is 0.175. The fourth-order valence-electron chi connectivity index (χ4n) is 2.65. The number of hydrogen-bond acceptors (Lipinski definition) is 4. The summed E-state index contributed by atoms with van der Waals surface area (Å²) in [6, 6.07) is 6.31. The second-order valence-corrected chi connectivity index (χ2v) is 6.35. The molecule has 0 aliphatic carbocycles. The van der Waals surface area contributed by atoms with Gasteiger partial charge in [-0.05, 0) is 49.9 Å². The number of hydrogen-bond donors (Lipinski definition) is 1. The summed E-state index contributed by atoms with van der Waals surface area (Å²) in [6.07, 6.45) is 2.41. The van der Waals surface area contributed by atoms with E-state index in [0.29, 0.717) is 17.6 Å². The van der Waals surface area contributed by atoms with Crippen molar-refractivity contribution in [2.24, 2.45) is 5.92 Å². The topological polar surface area (TPSA) is 51.0 Å². The van der Waals surface area contributed by atoms with E-state index in [9.17, 15) is 0 Å². The van der Waals surface area contributed by atoms with E-state index in [1.165, 1.54) is 18.4 Å². The average molecular weight is 336 g/mol. The lowest BCUT2D eigenvalue weighted by Gasteiger charge is -2.26. The molecular weight excluding hydrogens is 318 g/mol. The molecule has 1 aliphatic rings. The summed E-state index contributed by atoms with van der Waals surface area (Å²) in [6.45, 7) is 5.30. The largest absolute Gasteiger partial charge is 0.337 e. The monoisotopic (exact) mass is 335 g/mol. The zero-order valence-electron chi connectivity index (χ0n) is 11.7. The smallest absolute Gasteiger partial charge is 0.244 e. The van der Waals surface area contributed by atoms with Gasteiger partial charge in [-0.25, -0.2) is 0 Å². The quantitative estimate of drug-likeness (QED) is 0.905. The van der Waals surface area contributed by atoms with E-state index in [-0.39, 0.29) is 6.04 Å². The highest BCUT2D eigenvalue weighted by Crippen LogP contribution is 2.31. The molecule has 5 heteroatoms. The van der Waals surface area contributed by atoms with Crippen molar-refractivity contribution in [2.45, 2.75) is 32.7 Å². The lowest BCUT2D eigenvalue weighted by Crippen LogP contribution is -2.33. The second-order valence-electron chi connectivity index (χ2n) is 5.49. The number of piperidine rings is 1. The van der Waals surface area contributed by atoms with Gasteiger partial charge >= 0.3 is 0 Å². The molecule has 106 valence electrons. The zero-order chi connectivity index (χ0) is 14.1. The zero-order valence-corrected chi connectivity index (χ0v) is 13.3. The molecular formula is C15H18BrN3O. The average Bonchev–Trinajstić information content (AvgIpc) is 2.88. The summed E-state index contributed by atoms with van der Waals surface area (Å²) in [5, 5.41) is 7.60. The van der Waals surface area contributed by atoms with Crippen LogP contribution >= 0.6 is 15.9 Å². The summed E-state index contributed by atoms with van der Waals surface area (Å²) >= 11 is 3.56. The van der Waals surface area contributed by atoms with E-state index in [2.05, 4.69) is 57.4 Å². The Hall–Kier alpha value is -1.20. The first-order chi connectivity index (χ1) is 9.65. The minimum atomic E-state index is 0.175. The molecule has 0 bridgehead atoms. The van der Waals surface area contributed by atoms with Crippen LogP contribution < -0.4 is 5.32 Å². The van der Waals surface area contributed by atoms with E-state index in [1.807, 2.05) is 6.07 Å². The Kier molecular flexibility index (Phi) is 3.89. The van der Waals surface area contributed by atoms with Gasteiger partial charge in [-0.15, -0.1) is 0 Å². The van der Waals surface area contributed by atoms with Crippen LogP contribution in [0.15, 0.2) is 27.2 Å². The van der Waals surface area contributed by atoms with Gasteiger partial charge in [0.2, 0.25) is 11.7 Å². The van der Waals surface area contributed by atoms with Crippen LogP contribution in [0.4, 0.5) is 0 Å². The maximum atomic E-state index is 5.47. The summed E-state index contributed by atoms with van der Waals surface area (Å²) in [7, 11) is 0. The van der Waals surface area contributed by atoms with Gasteiger partial charge in [0, 0.05) is 10.0 Å². The van der Waals surface area contributed by atoms with E-state index in [4.69, 9.17) is 4.52 Å². The number of aryl methyl sites for hydroxylation is 1. The molecule has 1 aromatic carbocycles. The minimum Gasteiger partial charge on any atom is -0.337 e. The molecule has 1 N–H and O–H groups in total. The summed E-state index contributed by atoms with van der Waals surface area (Å²) in [4.78, 5) is 4.57. The van der Waals surface area contributed by atoms with Crippen LogP contribution in [0, 0.1) is 12.8 Å². The molecule has 0 radical (unpaired) electrons. The first kappa shape index (κ1) is 13.8. The molecule has 2 atom stereocenters. The van der Waals surface area contributed by atoms with Gasteiger partial charge in [0.25, 0.3) is 0 Å². The Morgan fingerprint density at radius 1 is 1.40 bits per heavy atom. The number of halogens is 1. The second kappa shape index (κ2) is 5.66. The number of rotatable bonds is 2. The van der Waals surface area contributed by atoms with Crippen molar-refractivity contribution < 1.29 is 4.52 Å². The van der Waals surface area contributed by atoms with Crippen LogP contribution in [-0.4, -0.2) is 16.7 Å². The van der Waals surface area contributed by atoms with Crippen LogP contribution in [0.2, 0.25) is 0 Å². The molecule has 1 aliphatic heterocycles. The van der Waals surface area contributed by atoms with Crippen molar-refractivity contribution in [2.75, 3.05) is 6.54 Å². The van der Waals surface area contributed by atoms with Crippen LogP contribution in [0.25, 0.3) is 11.4 Å².